The van der Waals surface area contributed by atoms with Crippen molar-refractivity contribution in [3.05, 3.63) is 17.2 Å². The Bertz CT molecular complexity index is 288. The lowest BCUT2D eigenvalue weighted by molar-refractivity contribution is -0.137. The molecule has 4 nitrogen and oxygen atoms in total. The lowest BCUT2D eigenvalue weighted by Gasteiger charge is -2.07. The Hall–Kier alpha value is -1.41. The number of methoxy groups -OCH3 is 1. The van der Waals surface area contributed by atoms with Crippen LogP contribution in [0.25, 0.3) is 5.53 Å². The summed E-state index contributed by atoms with van der Waals surface area (Å²) in [4.78, 5) is 14.0. The molecule has 13 heavy (non-hydrogen) atoms. The van der Waals surface area contributed by atoms with Gasteiger partial charge >= 0.3 is 11.7 Å². The Morgan fingerprint density at radius 3 is 2.85 bits per heavy atom. The van der Waals surface area contributed by atoms with Gasteiger partial charge in [0.15, 0.2) is 0 Å². The Balaban J connectivity index is 2.84. The van der Waals surface area contributed by atoms with E-state index >= 15 is 0 Å². The van der Waals surface area contributed by atoms with Crippen LogP contribution in [-0.2, 0) is 9.53 Å². The number of allylic oxidation sites excluding steroid dienone is 1. The van der Waals surface area contributed by atoms with Gasteiger partial charge in [-0.15, -0.1) is 0 Å². The molecule has 0 fully saturated rings. The van der Waals surface area contributed by atoms with E-state index in [1.54, 1.807) is 0 Å². The van der Waals surface area contributed by atoms with Crippen molar-refractivity contribution in [2.75, 3.05) is 7.11 Å². The van der Waals surface area contributed by atoms with Gasteiger partial charge in [0.25, 0.3) is 0 Å². The summed E-state index contributed by atoms with van der Waals surface area (Å²) in [5, 5.41) is 0. The fourth-order valence-electron chi connectivity index (χ4n) is 1.39. The highest BCUT2D eigenvalue weighted by Crippen LogP contribution is 2.18. The van der Waals surface area contributed by atoms with E-state index < -0.39 is 5.97 Å². The maximum Gasteiger partial charge on any atom is 0.421 e. The normalized spacial score (nSPS) is 15.6. The number of nitrogens with zero attached hydrogens (tertiary/aromatic N) is 2. The van der Waals surface area contributed by atoms with Crippen LogP contribution in [0.1, 0.15) is 25.7 Å². The molecule has 0 aliphatic heterocycles. The average Bonchev–Trinajstić information content (AvgIpc) is 2.20. The van der Waals surface area contributed by atoms with Gasteiger partial charge in [0.05, 0.1) is 7.11 Å². The summed E-state index contributed by atoms with van der Waals surface area (Å²) in [5.74, 6) is -0.573. The fraction of sp³-hybridized carbons (Fsp3) is 0.556. The summed E-state index contributed by atoms with van der Waals surface area (Å²) >= 11 is 0. The van der Waals surface area contributed by atoms with E-state index in [1.807, 2.05) is 6.08 Å². The molecule has 1 aliphatic carbocycles. The molecule has 0 spiro atoms. The summed E-state index contributed by atoms with van der Waals surface area (Å²) in [6.07, 6.45) is 5.81. The standard InChI is InChI=1S/C9H12N2O2/c1-13-9(12)8(11-10)7-5-3-2-4-6-7/h5H,2-4,6H2,1H3. The highest BCUT2D eigenvalue weighted by Gasteiger charge is 2.26. The van der Waals surface area contributed by atoms with Gasteiger partial charge in [0, 0.05) is 5.57 Å². The van der Waals surface area contributed by atoms with Gasteiger partial charge in [0.2, 0.25) is 0 Å². The molecule has 0 saturated heterocycles. The zero-order valence-corrected chi connectivity index (χ0v) is 7.62. The minimum Gasteiger partial charge on any atom is -0.460 e. The third-order valence-electron chi connectivity index (χ3n) is 2.07. The lowest BCUT2D eigenvalue weighted by atomic mass is 9.96. The maximum atomic E-state index is 11.1. The Morgan fingerprint density at radius 2 is 2.38 bits per heavy atom. The monoisotopic (exact) mass is 180 g/mol. The van der Waals surface area contributed by atoms with Crippen molar-refractivity contribution >= 4 is 11.7 Å². The molecule has 1 aliphatic rings. The third-order valence-corrected chi connectivity index (χ3v) is 2.07. The first-order valence-electron chi connectivity index (χ1n) is 4.29. The smallest absolute Gasteiger partial charge is 0.421 e. The zero-order valence-electron chi connectivity index (χ0n) is 7.62. The first-order valence-corrected chi connectivity index (χ1v) is 4.29. The molecular formula is C9H12N2O2. The predicted octanol–water partition coefficient (Wildman–Crippen LogP) is 1.33. The molecule has 0 bridgehead atoms. The first-order chi connectivity index (χ1) is 6.29. The van der Waals surface area contributed by atoms with Crippen molar-refractivity contribution in [3.63, 3.8) is 0 Å². The van der Waals surface area contributed by atoms with Gasteiger partial charge in [-0.1, -0.05) is 6.08 Å². The molecule has 0 amide bonds. The van der Waals surface area contributed by atoms with Crippen LogP contribution >= 0.6 is 0 Å². The van der Waals surface area contributed by atoms with Crippen molar-refractivity contribution < 1.29 is 14.3 Å². The highest BCUT2D eigenvalue weighted by atomic mass is 16.5. The van der Waals surface area contributed by atoms with Crippen LogP contribution in [-0.4, -0.2) is 23.6 Å². The molecule has 70 valence electrons. The molecule has 0 heterocycles. The second kappa shape index (κ2) is 4.58. The van der Waals surface area contributed by atoms with Crippen LogP contribution in [0, 0.1) is 0 Å². The van der Waals surface area contributed by atoms with Gasteiger partial charge in [-0.2, -0.15) is 4.79 Å². The van der Waals surface area contributed by atoms with Gasteiger partial charge in [-0.25, -0.2) is 4.79 Å². The van der Waals surface area contributed by atoms with Crippen molar-refractivity contribution in [1.82, 2.24) is 0 Å². The SMILES string of the molecule is COC(=O)C(=[N+]=[N-])C1=CCCCC1. The molecule has 0 aromatic rings. The molecule has 4 heteroatoms. The Morgan fingerprint density at radius 1 is 1.62 bits per heavy atom. The highest BCUT2D eigenvalue weighted by molar-refractivity contribution is 6.40. The second-order valence-corrected chi connectivity index (χ2v) is 2.92. The van der Waals surface area contributed by atoms with Crippen LogP contribution < -0.4 is 0 Å². The van der Waals surface area contributed by atoms with Crippen LogP contribution in [0.3, 0.4) is 0 Å². The van der Waals surface area contributed by atoms with E-state index in [0.29, 0.717) is 0 Å². The maximum absolute atomic E-state index is 11.1. The second-order valence-electron chi connectivity index (χ2n) is 2.92. The number of carbonyl (C=O) groups is 1. The molecule has 1 rings (SSSR count). The third kappa shape index (κ3) is 2.26. The largest absolute Gasteiger partial charge is 0.460 e. The average molecular weight is 180 g/mol. The van der Waals surface area contributed by atoms with Crippen LogP contribution in [0.5, 0.6) is 0 Å². The number of esters is 1. The molecule has 0 aromatic heterocycles. The van der Waals surface area contributed by atoms with E-state index in [2.05, 4.69) is 9.53 Å². The topological polar surface area (TPSA) is 62.7 Å². The summed E-state index contributed by atoms with van der Waals surface area (Å²) in [6, 6.07) is 0. The number of ether oxygens (including phenoxy) is 1. The Kier molecular flexibility index (Phi) is 3.41. The molecule has 0 atom stereocenters. The molecule has 0 unspecified atom stereocenters. The van der Waals surface area contributed by atoms with Crippen molar-refractivity contribution in [2.24, 2.45) is 0 Å². The zero-order chi connectivity index (χ0) is 9.68. The van der Waals surface area contributed by atoms with Gasteiger partial charge in [0.1, 0.15) is 0 Å². The summed E-state index contributed by atoms with van der Waals surface area (Å²) in [6.45, 7) is 0. The minimum atomic E-state index is -0.573. The van der Waals surface area contributed by atoms with Crippen LogP contribution in [0.2, 0.25) is 0 Å². The van der Waals surface area contributed by atoms with Crippen LogP contribution in [0.15, 0.2) is 11.6 Å². The molecular weight excluding hydrogens is 168 g/mol. The van der Waals surface area contributed by atoms with Crippen molar-refractivity contribution in [2.45, 2.75) is 25.7 Å². The molecule has 0 radical (unpaired) electrons. The van der Waals surface area contributed by atoms with Crippen LogP contribution in [0.4, 0.5) is 0 Å². The first kappa shape index (κ1) is 9.68. The van der Waals surface area contributed by atoms with E-state index in [4.69, 9.17) is 5.53 Å². The number of hydrogen-bond donors (Lipinski definition) is 0. The summed E-state index contributed by atoms with van der Waals surface area (Å²) in [7, 11) is 1.27. The fourth-order valence-corrected chi connectivity index (χ4v) is 1.39. The lowest BCUT2D eigenvalue weighted by Crippen LogP contribution is -2.20. The number of carbonyl (C=O) groups excluding carboxylic acids is 1. The Labute approximate surface area is 76.8 Å². The van der Waals surface area contributed by atoms with Crippen molar-refractivity contribution in [1.29, 1.82) is 0 Å². The van der Waals surface area contributed by atoms with Gasteiger partial charge < -0.3 is 10.3 Å². The quantitative estimate of drug-likeness (QED) is 0.278. The predicted molar refractivity (Wildman–Crippen MR) is 47.2 cm³/mol. The number of rotatable bonds is 2. The van der Waals surface area contributed by atoms with E-state index in [0.717, 1.165) is 31.3 Å². The molecule has 0 saturated carbocycles. The number of hydrogen-bond acceptors (Lipinski definition) is 2. The van der Waals surface area contributed by atoms with E-state index in [1.165, 1.54) is 7.11 Å². The minimum absolute atomic E-state index is 0.0437. The molecule has 0 aromatic carbocycles. The summed E-state index contributed by atoms with van der Waals surface area (Å²) < 4.78 is 4.49. The van der Waals surface area contributed by atoms with Crippen molar-refractivity contribution in [3.8, 4) is 0 Å². The van der Waals surface area contributed by atoms with E-state index in [9.17, 15) is 4.79 Å². The van der Waals surface area contributed by atoms with Gasteiger partial charge in [-0.3, -0.25) is 0 Å². The molecule has 0 N–H and O–H groups in total. The van der Waals surface area contributed by atoms with E-state index in [-0.39, 0.29) is 5.71 Å². The summed E-state index contributed by atoms with van der Waals surface area (Å²) in [5.41, 5.74) is 9.46. The van der Waals surface area contributed by atoms with Gasteiger partial charge in [-0.05, 0) is 25.7 Å².